The standard InChI is InChI=1S/C15H20N2O2/c1-18-14-5-4-13(8-14)17-10-11-3-6-15(19-2)12(7-11)9-16/h3,6-7,13-14,17H,4-5,8,10H2,1-2H3. The van der Waals surface area contributed by atoms with E-state index in [0.717, 1.165) is 31.4 Å². The highest BCUT2D eigenvalue weighted by molar-refractivity contribution is 5.45. The van der Waals surface area contributed by atoms with Crippen LogP contribution in [0.2, 0.25) is 0 Å². The van der Waals surface area contributed by atoms with Crippen LogP contribution in [0, 0.1) is 11.3 Å². The lowest BCUT2D eigenvalue weighted by Crippen LogP contribution is -2.26. The Bertz CT molecular complexity index is 468. The fraction of sp³-hybridized carbons (Fsp3) is 0.533. The summed E-state index contributed by atoms with van der Waals surface area (Å²) >= 11 is 0. The number of nitrogens with zero attached hydrogens (tertiary/aromatic N) is 1. The number of benzene rings is 1. The van der Waals surface area contributed by atoms with Gasteiger partial charge in [0.2, 0.25) is 0 Å². The summed E-state index contributed by atoms with van der Waals surface area (Å²) < 4.78 is 10.5. The highest BCUT2D eigenvalue weighted by Crippen LogP contribution is 2.22. The first-order valence-electron chi connectivity index (χ1n) is 6.60. The molecule has 4 heteroatoms. The smallest absolute Gasteiger partial charge is 0.136 e. The normalized spacial score (nSPS) is 22.2. The van der Waals surface area contributed by atoms with Crippen LogP contribution in [0.25, 0.3) is 0 Å². The van der Waals surface area contributed by atoms with Crippen molar-refractivity contribution in [3.63, 3.8) is 0 Å². The largest absolute Gasteiger partial charge is 0.495 e. The number of hydrogen-bond donors (Lipinski definition) is 1. The Morgan fingerprint density at radius 1 is 1.37 bits per heavy atom. The predicted octanol–water partition coefficient (Wildman–Crippen LogP) is 2.22. The van der Waals surface area contributed by atoms with Gasteiger partial charge in [-0.3, -0.25) is 0 Å². The highest BCUT2D eigenvalue weighted by Gasteiger charge is 2.23. The second kappa shape index (κ2) is 6.55. The lowest BCUT2D eigenvalue weighted by atomic mass is 10.1. The summed E-state index contributed by atoms with van der Waals surface area (Å²) in [5.41, 5.74) is 1.70. The number of rotatable bonds is 5. The molecule has 0 aromatic heterocycles. The third-order valence-corrected chi connectivity index (χ3v) is 3.70. The molecule has 102 valence electrons. The van der Waals surface area contributed by atoms with E-state index < -0.39 is 0 Å². The summed E-state index contributed by atoms with van der Waals surface area (Å²) in [6.45, 7) is 0.778. The van der Waals surface area contributed by atoms with E-state index in [-0.39, 0.29) is 0 Å². The summed E-state index contributed by atoms with van der Waals surface area (Å²) in [4.78, 5) is 0. The maximum Gasteiger partial charge on any atom is 0.136 e. The van der Waals surface area contributed by atoms with Crippen molar-refractivity contribution in [3.05, 3.63) is 29.3 Å². The second-order valence-corrected chi connectivity index (χ2v) is 4.90. The zero-order chi connectivity index (χ0) is 13.7. The Balaban J connectivity index is 1.92. The van der Waals surface area contributed by atoms with Crippen molar-refractivity contribution in [2.45, 2.75) is 38.0 Å². The number of methoxy groups -OCH3 is 2. The molecule has 4 nitrogen and oxygen atoms in total. The average Bonchev–Trinajstić information content (AvgIpc) is 2.92. The molecule has 0 bridgehead atoms. The molecule has 1 aromatic rings. The van der Waals surface area contributed by atoms with E-state index in [2.05, 4.69) is 11.4 Å². The first-order valence-corrected chi connectivity index (χ1v) is 6.60. The van der Waals surface area contributed by atoms with Gasteiger partial charge in [-0.1, -0.05) is 6.07 Å². The van der Waals surface area contributed by atoms with Gasteiger partial charge in [0.15, 0.2) is 0 Å². The first-order chi connectivity index (χ1) is 9.26. The molecular formula is C15H20N2O2. The number of ether oxygens (including phenoxy) is 2. The molecule has 2 unspecified atom stereocenters. The summed E-state index contributed by atoms with van der Waals surface area (Å²) in [6, 6.07) is 8.40. The number of nitrogens with one attached hydrogen (secondary N) is 1. The molecule has 19 heavy (non-hydrogen) atoms. The van der Waals surface area contributed by atoms with Gasteiger partial charge in [0.05, 0.1) is 18.8 Å². The average molecular weight is 260 g/mol. The molecule has 2 atom stereocenters. The molecular weight excluding hydrogens is 240 g/mol. The minimum Gasteiger partial charge on any atom is -0.495 e. The van der Waals surface area contributed by atoms with Gasteiger partial charge in [-0.25, -0.2) is 0 Å². The van der Waals surface area contributed by atoms with E-state index in [1.54, 1.807) is 14.2 Å². The van der Waals surface area contributed by atoms with E-state index in [9.17, 15) is 0 Å². The summed E-state index contributed by atoms with van der Waals surface area (Å²) in [5, 5.41) is 12.6. The van der Waals surface area contributed by atoms with Gasteiger partial charge in [-0.2, -0.15) is 5.26 Å². The molecule has 0 spiro atoms. The fourth-order valence-electron chi connectivity index (χ4n) is 2.55. The Morgan fingerprint density at radius 3 is 2.84 bits per heavy atom. The minimum atomic E-state index is 0.392. The number of hydrogen-bond acceptors (Lipinski definition) is 4. The van der Waals surface area contributed by atoms with E-state index in [4.69, 9.17) is 14.7 Å². The van der Waals surface area contributed by atoms with Crippen LogP contribution in [-0.2, 0) is 11.3 Å². The molecule has 1 aliphatic rings. The lowest BCUT2D eigenvalue weighted by molar-refractivity contribution is 0.107. The van der Waals surface area contributed by atoms with E-state index in [1.165, 1.54) is 0 Å². The minimum absolute atomic E-state index is 0.392. The Kier molecular flexibility index (Phi) is 4.78. The second-order valence-electron chi connectivity index (χ2n) is 4.90. The number of nitriles is 1. The van der Waals surface area contributed by atoms with Gasteiger partial charge >= 0.3 is 0 Å². The molecule has 0 radical (unpaired) electrons. The van der Waals surface area contributed by atoms with E-state index in [1.807, 2.05) is 18.2 Å². The molecule has 1 fully saturated rings. The van der Waals surface area contributed by atoms with Gasteiger partial charge in [0.25, 0.3) is 0 Å². The van der Waals surface area contributed by atoms with Crippen molar-refractivity contribution in [1.82, 2.24) is 5.32 Å². The van der Waals surface area contributed by atoms with Crippen molar-refractivity contribution in [2.75, 3.05) is 14.2 Å². The molecule has 1 aliphatic carbocycles. The molecule has 0 saturated heterocycles. The van der Waals surface area contributed by atoms with E-state index in [0.29, 0.717) is 23.5 Å². The summed E-state index contributed by atoms with van der Waals surface area (Å²) in [7, 11) is 3.35. The van der Waals surface area contributed by atoms with Crippen LogP contribution in [0.5, 0.6) is 5.75 Å². The van der Waals surface area contributed by atoms with Crippen LogP contribution in [0.1, 0.15) is 30.4 Å². The zero-order valence-corrected chi connectivity index (χ0v) is 11.5. The van der Waals surface area contributed by atoms with E-state index >= 15 is 0 Å². The van der Waals surface area contributed by atoms with Crippen molar-refractivity contribution >= 4 is 0 Å². The molecule has 0 aliphatic heterocycles. The summed E-state index contributed by atoms with van der Waals surface area (Å²) in [5.74, 6) is 0.631. The van der Waals surface area contributed by atoms with Crippen LogP contribution in [0.4, 0.5) is 0 Å². The van der Waals surface area contributed by atoms with Gasteiger partial charge in [0.1, 0.15) is 11.8 Å². The maximum absolute atomic E-state index is 9.05. The topological polar surface area (TPSA) is 54.3 Å². The van der Waals surface area contributed by atoms with Crippen molar-refractivity contribution in [1.29, 1.82) is 5.26 Å². The van der Waals surface area contributed by atoms with Crippen LogP contribution in [-0.4, -0.2) is 26.4 Å². The highest BCUT2D eigenvalue weighted by atomic mass is 16.5. The third-order valence-electron chi connectivity index (χ3n) is 3.70. The van der Waals surface area contributed by atoms with Crippen molar-refractivity contribution in [3.8, 4) is 11.8 Å². The Morgan fingerprint density at radius 2 is 2.21 bits per heavy atom. The Labute approximate surface area is 114 Å². The molecule has 1 aromatic carbocycles. The van der Waals surface area contributed by atoms with Crippen molar-refractivity contribution in [2.24, 2.45) is 0 Å². The zero-order valence-electron chi connectivity index (χ0n) is 11.5. The summed E-state index contributed by atoms with van der Waals surface area (Å²) in [6.07, 6.45) is 3.74. The molecule has 2 rings (SSSR count). The van der Waals surface area contributed by atoms with Gasteiger partial charge in [-0.05, 0) is 37.0 Å². The molecule has 0 heterocycles. The van der Waals surface area contributed by atoms with Crippen LogP contribution < -0.4 is 10.1 Å². The third kappa shape index (κ3) is 3.46. The van der Waals surface area contributed by atoms with Gasteiger partial charge in [0, 0.05) is 19.7 Å². The van der Waals surface area contributed by atoms with Gasteiger partial charge in [-0.15, -0.1) is 0 Å². The lowest BCUT2D eigenvalue weighted by Gasteiger charge is -2.13. The monoisotopic (exact) mass is 260 g/mol. The predicted molar refractivity (Wildman–Crippen MR) is 73.0 cm³/mol. The van der Waals surface area contributed by atoms with Crippen LogP contribution in [0.15, 0.2) is 18.2 Å². The molecule has 0 amide bonds. The Hall–Kier alpha value is -1.57. The van der Waals surface area contributed by atoms with Gasteiger partial charge < -0.3 is 14.8 Å². The molecule has 1 saturated carbocycles. The van der Waals surface area contributed by atoms with Crippen molar-refractivity contribution < 1.29 is 9.47 Å². The maximum atomic E-state index is 9.05. The molecule has 1 N–H and O–H groups in total. The van der Waals surface area contributed by atoms with Crippen LogP contribution in [0.3, 0.4) is 0 Å². The SMILES string of the molecule is COc1ccc(CNC2CCC(OC)C2)cc1C#N. The quantitative estimate of drug-likeness (QED) is 0.882. The first kappa shape index (κ1) is 13.9. The fourth-order valence-corrected chi connectivity index (χ4v) is 2.55. The van der Waals surface area contributed by atoms with Crippen LogP contribution >= 0.6 is 0 Å².